The first-order chi connectivity index (χ1) is 24.0. The number of rotatable bonds is 6. The van der Waals surface area contributed by atoms with Crippen molar-refractivity contribution in [2.24, 2.45) is 0 Å². The highest BCUT2D eigenvalue weighted by molar-refractivity contribution is 6.90. The van der Waals surface area contributed by atoms with E-state index in [1.54, 1.807) is 49.9 Å². The average molecular weight is 730 g/mol. The van der Waals surface area contributed by atoms with Crippen molar-refractivity contribution in [3.63, 3.8) is 0 Å². The maximum Gasteiger partial charge on any atom is 0.410 e. The summed E-state index contributed by atoms with van der Waals surface area (Å²) in [5.41, 5.74) is 5.03. The molecule has 0 unspecified atom stereocenters. The number of benzene rings is 3. The first-order valence-corrected chi connectivity index (χ1v) is 20.1. The molecule has 2 heterocycles. The summed E-state index contributed by atoms with van der Waals surface area (Å²) in [6, 6.07) is 13.7. The molecule has 1 amide bonds. The van der Waals surface area contributed by atoms with E-state index in [-0.39, 0.29) is 41.4 Å². The molecule has 1 aromatic heterocycles. The molecule has 51 heavy (non-hydrogen) atoms. The molecule has 1 aliphatic heterocycles. The van der Waals surface area contributed by atoms with Gasteiger partial charge in [-0.2, -0.15) is 10.2 Å². The van der Waals surface area contributed by atoms with E-state index in [9.17, 15) is 10.1 Å². The van der Waals surface area contributed by atoms with Crippen LogP contribution in [0.1, 0.15) is 74.3 Å². The lowest BCUT2D eigenvalue weighted by molar-refractivity contribution is 0.0145. The van der Waals surface area contributed by atoms with Gasteiger partial charge in [0.25, 0.3) is 0 Å². The van der Waals surface area contributed by atoms with Crippen molar-refractivity contribution < 1.29 is 18.3 Å². The van der Waals surface area contributed by atoms with Crippen LogP contribution in [0, 0.1) is 34.4 Å². The molecule has 5 rings (SSSR count). The number of carbonyl (C=O) groups excluding carboxylic acids is 1. The molecule has 4 aromatic rings. The number of fused-ring (bicyclic) bond motifs is 2. The van der Waals surface area contributed by atoms with Gasteiger partial charge in [-0.3, -0.25) is 0 Å². The lowest BCUT2D eigenvalue weighted by Crippen LogP contribution is -2.56. The predicted octanol–water partition coefficient (Wildman–Crippen LogP) is 10.3. The van der Waals surface area contributed by atoms with Crippen LogP contribution in [-0.2, 0) is 4.74 Å². The normalized spacial score (nSPS) is 15.5. The number of amides is 1. The monoisotopic (exact) mass is 729 g/mol. The molecule has 1 saturated heterocycles. The molecule has 0 radical (unpaired) electrons. The molecule has 1 atom stereocenters. The third-order valence-electron chi connectivity index (χ3n) is 10.1. The predicted molar refractivity (Wildman–Crippen MR) is 205 cm³/mol. The molecular weight excluding hydrogens is 684 g/mol. The van der Waals surface area contributed by atoms with Crippen LogP contribution in [0.25, 0.3) is 32.8 Å². The van der Waals surface area contributed by atoms with E-state index in [0.717, 1.165) is 5.39 Å². The van der Waals surface area contributed by atoms with E-state index in [0.29, 0.717) is 45.3 Å². The number of halogens is 3. The molecule has 0 spiro atoms. The summed E-state index contributed by atoms with van der Waals surface area (Å²) < 4.78 is 38.3. The Morgan fingerprint density at radius 2 is 1.69 bits per heavy atom. The van der Waals surface area contributed by atoms with E-state index in [4.69, 9.17) is 16.3 Å². The Kier molecular flexibility index (Phi) is 11.0. The summed E-state index contributed by atoms with van der Waals surface area (Å²) in [6.07, 6.45) is -0.423. The van der Waals surface area contributed by atoms with Gasteiger partial charge < -0.3 is 14.5 Å². The summed E-state index contributed by atoms with van der Waals surface area (Å²) in [5, 5.41) is 11.2. The number of hydrogen-bond donors (Lipinski definition) is 0. The Hall–Kier alpha value is -4.25. The molecule has 1 aliphatic rings. The van der Waals surface area contributed by atoms with Crippen LogP contribution in [0.2, 0.25) is 21.9 Å². The molecule has 1 fully saturated rings. The Balaban J connectivity index is 1.63. The third kappa shape index (κ3) is 7.40. The minimum atomic E-state index is -2.21. The second-order valence-corrected chi connectivity index (χ2v) is 21.2. The van der Waals surface area contributed by atoms with Gasteiger partial charge in [0.1, 0.15) is 30.8 Å². The molecule has 11 heteroatoms. The quantitative estimate of drug-likeness (QED) is 0.112. The minimum Gasteiger partial charge on any atom is -0.444 e. The van der Waals surface area contributed by atoms with Gasteiger partial charge in [0, 0.05) is 36.0 Å². The fourth-order valence-corrected chi connectivity index (χ4v) is 13.1. The van der Waals surface area contributed by atoms with Crippen LogP contribution in [0.15, 0.2) is 42.5 Å². The van der Waals surface area contributed by atoms with Crippen molar-refractivity contribution in [2.45, 2.75) is 97.0 Å². The second-order valence-electron chi connectivity index (χ2n) is 15.2. The van der Waals surface area contributed by atoms with Gasteiger partial charge in [-0.15, -0.1) is 5.54 Å². The largest absolute Gasteiger partial charge is 0.444 e. The highest BCUT2D eigenvalue weighted by atomic mass is 35.5. The molecule has 268 valence electrons. The number of hydrogen-bond acceptors (Lipinski definition) is 6. The lowest BCUT2D eigenvalue weighted by Gasteiger charge is -2.41. The van der Waals surface area contributed by atoms with Gasteiger partial charge in [0.05, 0.1) is 24.1 Å². The summed E-state index contributed by atoms with van der Waals surface area (Å²) >= 11 is 6.45. The zero-order chi connectivity index (χ0) is 37.4. The molecule has 0 saturated carbocycles. The van der Waals surface area contributed by atoms with Crippen LogP contribution in [0.5, 0.6) is 0 Å². The first kappa shape index (κ1) is 38.0. The number of anilines is 1. The van der Waals surface area contributed by atoms with Crippen LogP contribution in [-0.4, -0.2) is 60.3 Å². The van der Waals surface area contributed by atoms with E-state index >= 15 is 8.78 Å². The summed E-state index contributed by atoms with van der Waals surface area (Å²) in [6.45, 7) is 19.5. The number of ether oxygens (including phenoxy) is 1. The molecule has 7 nitrogen and oxygen atoms in total. The van der Waals surface area contributed by atoms with Crippen molar-refractivity contribution in [3.05, 3.63) is 64.9 Å². The fraction of sp³-hybridized carbons (Fsp3) is 0.450. The number of nitrogens with zero attached hydrogens (tertiary/aromatic N) is 5. The zero-order valence-corrected chi connectivity index (χ0v) is 32.6. The molecular formula is C40H46ClF2N5O2Si. The maximum atomic E-state index is 16.9. The van der Waals surface area contributed by atoms with E-state index < -0.39 is 37.4 Å². The van der Waals surface area contributed by atoms with Crippen molar-refractivity contribution in [1.82, 2.24) is 14.9 Å². The summed E-state index contributed by atoms with van der Waals surface area (Å²) in [4.78, 5) is 25.3. The van der Waals surface area contributed by atoms with Crippen molar-refractivity contribution in [3.8, 4) is 28.7 Å². The number of aromatic nitrogens is 2. The van der Waals surface area contributed by atoms with E-state index in [2.05, 4.69) is 69.0 Å². The number of nitriles is 1. The van der Waals surface area contributed by atoms with Gasteiger partial charge >= 0.3 is 6.09 Å². The topological polar surface area (TPSA) is 82.4 Å². The summed E-state index contributed by atoms with van der Waals surface area (Å²) in [5.74, 6) is 2.64. The Labute approximate surface area is 306 Å². The van der Waals surface area contributed by atoms with Gasteiger partial charge in [0.15, 0.2) is 5.82 Å². The van der Waals surface area contributed by atoms with Crippen LogP contribution in [0.3, 0.4) is 0 Å². The molecule has 0 N–H and O–H groups in total. The Morgan fingerprint density at radius 3 is 2.31 bits per heavy atom. The van der Waals surface area contributed by atoms with Crippen molar-refractivity contribution >= 4 is 53.3 Å². The van der Waals surface area contributed by atoms with E-state index in [1.807, 2.05) is 17.0 Å². The second kappa shape index (κ2) is 14.8. The first-order valence-electron chi connectivity index (χ1n) is 17.5. The van der Waals surface area contributed by atoms with E-state index in [1.165, 1.54) is 6.07 Å². The van der Waals surface area contributed by atoms with Gasteiger partial charge in [-0.05, 0) is 72.1 Å². The fourth-order valence-electron chi connectivity index (χ4n) is 7.76. The van der Waals surface area contributed by atoms with Gasteiger partial charge in [-0.25, -0.2) is 18.6 Å². The standard InChI is InChI=1S/C40H46ClF2N5O2Si/c1-24(2)51(25(3)4,26(5)6)22-18-31-33(42)16-13-27-11-10-12-29(34(27)31)30-14-15-32-36(35(30)43)45-38(41)46-37(32)47-20-21-48(28(23-47)17-19-44)39(49)50-40(7,8)9/h10-16,24-26,28H,17,20-21,23H2,1-9H3/t28-/m0/s1. The van der Waals surface area contributed by atoms with Crippen LogP contribution < -0.4 is 4.90 Å². The van der Waals surface area contributed by atoms with Crippen LogP contribution in [0.4, 0.5) is 19.4 Å². The molecule has 3 aromatic carbocycles. The minimum absolute atomic E-state index is 0.0146. The smallest absolute Gasteiger partial charge is 0.410 e. The SMILES string of the molecule is CC(C)[Si](C#Cc1c(F)ccc2cccc(-c3ccc4c(N5CCN(C(=O)OC(C)(C)C)[C@@H](CC#N)C5)nc(Cl)nc4c3F)c12)(C(C)C)C(C)C. The maximum absolute atomic E-state index is 16.9. The Morgan fingerprint density at radius 1 is 1.00 bits per heavy atom. The number of piperazine rings is 1. The molecule has 0 aliphatic carbocycles. The van der Waals surface area contributed by atoms with Crippen LogP contribution >= 0.6 is 11.6 Å². The zero-order valence-electron chi connectivity index (χ0n) is 30.9. The summed E-state index contributed by atoms with van der Waals surface area (Å²) in [7, 11) is -2.21. The lowest BCUT2D eigenvalue weighted by atomic mass is 9.93. The van der Waals surface area contributed by atoms with Gasteiger partial charge in [0.2, 0.25) is 5.28 Å². The van der Waals surface area contributed by atoms with Crippen molar-refractivity contribution in [1.29, 1.82) is 5.26 Å². The van der Waals surface area contributed by atoms with Crippen molar-refractivity contribution in [2.75, 3.05) is 24.5 Å². The third-order valence-corrected chi connectivity index (χ3v) is 16.5. The van der Waals surface area contributed by atoms with Gasteiger partial charge in [-0.1, -0.05) is 77.8 Å². The number of carbonyl (C=O) groups is 1. The highest BCUT2D eigenvalue weighted by Gasteiger charge is 2.42. The average Bonchev–Trinajstić information content (AvgIpc) is 3.04. The Bertz CT molecular complexity index is 2060. The highest BCUT2D eigenvalue weighted by Crippen LogP contribution is 2.42. The molecule has 0 bridgehead atoms.